The molecule has 2 aliphatic rings. The summed E-state index contributed by atoms with van der Waals surface area (Å²) in [5, 5.41) is 0. The van der Waals surface area contributed by atoms with Gasteiger partial charge in [0.15, 0.2) is 5.79 Å². The molecule has 0 aromatic heterocycles. The highest BCUT2D eigenvalue weighted by atomic mass is 16.7. The van der Waals surface area contributed by atoms with E-state index in [-0.39, 0.29) is 5.79 Å². The van der Waals surface area contributed by atoms with E-state index in [2.05, 4.69) is 27.7 Å². The normalized spacial score (nSPS) is 38.4. The van der Waals surface area contributed by atoms with Gasteiger partial charge in [0.2, 0.25) is 0 Å². The fourth-order valence-corrected chi connectivity index (χ4v) is 3.78. The van der Waals surface area contributed by atoms with E-state index < -0.39 is 0 Å². The maximum Gasteiger partial charge on any atom is 0.173 e. The van der Waals surface area contributed by atoms with Crippen LogP contribution in [0.5, 0.6) is 0 Å². The van der Waals surface area contributed by atoms with Gasteiger partial charge in [-0.3, -0.25) is 0 Å². The molecule has 1 heterocycles. The van der Waals surface area contributed by atoms with E-state index >= 15 is 0 Å². The topological polar surface area (TPSA) is 18.5 Å². The van der Waals surface area contributed by atoms with Crippen molar-refractivity contribution in [1.29, 1.82) is 0 Å². The summed E-state index contributed by atoms with van der Waals surface area (Å²) >= 11 is 0. The molecule has 1 spiro atoms. The van der Waals surface area contributed by atoms with Crippen LogP contribution < -0.4 is 0 Å². The Balaban J connectivity index is 2.01. The maximum absolute atomic E-state index is 5.94. The molecule has 2 rings (SSSR count). The van der Waals surface area contributed by atoms with Gasteiger partial charge in [0, 0.05) is 11.8 Å². The van der Waals surface area contributed by atoms with Crippen molar-refractivity contribution in [3.63, 3.8) is 0 Å². The zero-order valence-corrected chi connectivity index (χ0v) is 11.2. The van der Waals surface area contributed by atoms with Gasteiger partial charge in [0.1, 0.15) is 0 Å². The van der Waals surface area contributed by atoms with E-state index in [0.29, 0.717) is 11.8 Å². The van der Waals surface area contributed by atoms with Crippen LogP contribution in [0.4, 0.5) is 0 Å². The molecular formula is C14H26O2. The molecule has 16 heavy (non-hydrogen) atoms. The van der Waals surface area contributed by atoms with Crippen molar-refractivity contribution in [3.8, 4) is 0 Å². The second-order valence-corrected chi connectivity index (χ2v) is 6.19. The zero-order chi connectivity index (χ0) is 11.8. The van der Waals surface area contributed by atoms with Gasteiger partial charge in [-0.2, -0.15) is 0 Å². The smallest absolute Gasteiger partial charge is 0.173 e. The Labute approximate surface area is 99.7 Å². The molecule has 0 aromatic rings. The zero-order valence-electron chi connectivity index (χ0n) is 11.2. The van der Waals surface area contributed by atoms with Crippen LogP contribution in [0.2, 0.25) is 0 Å². The largest absolute Gasteiger partial charge is 0.347 e. The molecule has 1 aliphatic carbocycles. The Morgan fingerprint density at radius 2 is 1.56 bits per heavy atom. The van der Waals surface area contributed by atoms with Crippen molar-refractivity contribution in [1.82, 2.24) is 0 Å². The first kappa shape index (κ1) is 12.4. The van der Waals surface area contributed by atoms with Crippen molar-refractivity contribution in [2.75, 3.05) is 13.2 Å². The molecule has 1 saturated carbocycles. The van der Waals surface area contributed by atoms with Crippen LogP contribution in [0, 0.1) is 23.7 Å². The Hall–Kier alpha value is -0.0800. The average molecular weight is 226 g/mol. The molecule has 2 nitrogen and oxygen atoms in total. The predicted molar refractivity (Wildman–Crippen MR) is 65.1 cm³/mol. The third-order valence-electron chi connectivity index (χ3n) is 4.29. The lowest BCUT2D eigenvalue weighted by Gasteiger charge is -2.46. The van der Waals surface area contributed by atoms with Crippen LogP contribution in [0.15, 0.2) is 0 Å². The Bertz CT molecular complexity index is 217. The summed E-state index contributed by atoms with van der Waals surface area (Å²) < 4.78 is 11.9. The van der Waals surface area contributed by atoms with Gasteiger partial charge in [-0.15, -0.1) is 0 Å². The van der Waals surface area contributed by atoms with Crippen LogP contribution in [0.1, 0.15) is 47.0 Å². The summed E-state index contributed by atoms with van der Waals surface area (Å²) in [6.07, 6.45) is 3.88. The van der Waals surface area contributed by atoms with Gasteiger partial charge < -0.3 is 9.47 Å². The van der Waals surface area contributed by atoms with Crippen LogP contribution in [-0.4, -0.2) is 19.0 Å². The minimum absolute atomic E-state index is 0.243. The van der Waals surface area contributed by atoms with E-state index in [0.717, 1.165) is 25.0 Å². The molecule has 1 saturated heterocycles. The number of rotatable bonds is 2. The standard InChI is InChI=1S/C14H26O2/c1-10(2)7-13-8-11(3)14(12(4)9-13)15-5-6-16-14/h10-13H,5-9H2,1-4H3. The SMILES string of the molecule is CC(C)CC1CC(C)C2(OCCO2)C(C)C1. The summed E-state index contributed by atoms with van der Waals surface area (Å²) in [5.41, 5.74) is 0. The third kappa shape index (κ3) is 2.14. The quantitative estimate of drug-likeness (QED) is 0.718. The molecule has 1 aliphatic heterocycles. The molecular weight excluding hydrogens is 200 g/mol. The van der Waals surface area contributed by atoms with E-state index in [4.69, 9.17) is 9.47 Å². The van der Waals surface area contributed by atoms with Crippen molar-refractivity contribution >= 4 is 0 Å². The van der Waals surface area contributed by atoms with Crippen LogP contribution >= 0.6 is 0 Å². The lowest BCUT2D eigenvalue weighted by Crippen LogP contribution is -2.49. The first-order valence-corrected chi connectivity index (χ1v) is 6.82. The summed E-state index contributed by atoms with van der Waals surface area (Å²) in [4.78, 5) is 0. The highest BCUT2D eigenvalue weighted by Gasteiger charge is 2.50. The first-order chi connectivity index (χ1) is 7.54. The summed E-state index contributed by atoms with van der Waals surface area (Å²) in [5.74, 6) is 2.52. The van der Waals surface area contributed by atoms with Gasteiger partial charge in [-0.1, -0.05) is 27.7 Å². The molecule has 94 valence electrons. The minimum atomic E-state index is -0.243. The number of hydrogen-bond donors (Lipinski definition) is 0. The van der Waals surface area contributed by atoms with Crippen molar-refractivity contribution in [3.05, 3.63) is 0 Å². The average Bonchev–Trinajstić information content (AvgIpc) is 2.63. The summed E-state index contributed by atoms with van der Waals surface area (Å²) in [6, 6.07) is 0. The molecule has 0 aromatic carbocycles. The van der Waals surface area contributed by atoms with Crippen LogP contribution in [-0.2, 0) is 9.47 Å². The van der Waals surface area contributed by atoms with Crippen LogP contribution in [0.3, 0.4) is 0 Å². The Morgan fingerprint density at radius 3 is 2.00 bits per heavy atom. The highest BCUT2D eigenvalue weighted by molar-refractivity contribution is 4.92. The van der Waals surface area contributed by atoms with E-state index in [9.17, 15) is 0 Å². The third-order valence-corrected chi connectivity index (χ3v) is 4.29. The maximum atomic E-state index is 5.94. The molecule has 0 amide bonds. The Morgan fingerprint density at radius 1 is 1.06 bits per heavy atom. The lowest BCUT2D eigenvalue weighted by molar-refractivity contribution is -0.245. The van der Waals surface area contributed by atoms with Gasteiger partial charge in [0.25, 0.3) is 0 Å². The predicted octanol–water partition coefficient (Wildman–Crippen LogP) is 3.46. The molecule has 2 unspecified atom stereocenters. The van der Waals surface area contributed by atoms with Gasteiger partial charge in [0.05, 0.1) is 13.2 Å². The highest BCUT2D eigenvalue weighted by Crippen LogP contribution is 2.47. The van der Waals surface area contributed by atoms with Crippen molar-refractivity contribution in [2.45, 2.75) is 52.7 Å². The Kier molecular flexibility index (Phi) is 3.60. The molecule has 2 fully saturated rings. The number of hydrogen-bond acceptors (Lipinski definition) is 2. The monoisotopic (exact) mass is 226 g/mol. The fraction of sp³-hybridized carbons (Fsp3) is 1.00. The van der Waals surface area contributed by atoms with Crippen LogP contribution in [0.25, 0.3) is 0 Å². The molecule has 2 atom stereocenters. The fourth-order valence-electron chi connectivity index (χ4n) is 3.78. The van der Waals surface area contributed by atoms with E-state index in [1.807, 2.05) is 0 Å². The van der Waals surface area contributed by atoms with E-state index in [1.165, 1.54) is 19.3 Å². The number of ether oxygens (including phenoxy) is 2. The minimum Gasteiger partial charge on any atom is -0.347 e. The van der Waals surface area contributed by atoms with E-state index in [1.54, 1.807) is 0 Å². The second-order valence-electron chi connectivity index (χ2n) is 6.19. The van der Waals surface area contributed by atoms with Gasteiger partial charge >= 0.3 is 0 Å². The van der Waals surface area contributed by atoms with Gasteiger partial charge in [-0.05, 0) is 31.1 Å². The first-order valence-electron chi connectivity index (χ1n) is 6.82. The van der Waals surface area contributed by atoms with Crippen molar-refractivity contribution in [2.24, 2.45) is 23.7 Å². The van der Waals surface area contributed by atoms with Gasteiger partial charge in [-0.25, -0.2) is 0 Å². The summed E-state index contributed by atoms with van der Waals surface area (Å²) in [6.45, 7) is 10.8. The molecule has 2 heteroatoms. The molecule has 0 bridgehead atoms. The van der Waals surface area contributed by atoms with Crippen molar-refractivity contribution < 1.29 is 9.47 Å². The summed E-state index contributed by atoms with van der Waals surface area (Å²) in [7, 11) is 0. The molecule has 0 radical (unpaired) electrons. The lowest BCUT2D eigenvalue weighted by atomic mass is 9.70. The molecule has 0 N–H and O–H groups in total. The second kappa shape index (κ2) is 4.66.